The zero-order valence-electron chi connectivity index (χ0n) is 34.2. The summed E-state index contributed by atoms with van der Waals surface area (Å²) in [6.07, 6.45) is 0. The maximum absolute atomic E-state index is 2.44. The Morgan fingerprint density at radius 2 is 0.836 bits per heavy atom. The van der Waals surface area contributed by atoms with E-state index in [0.717, 1.165) is 17.1 Å². The third-order valence-corrected chi connectivity index (χ3v) is 13.2. The van der Waals surface area contributed by atoms with E-state index in [1.54, 1.807) is 0 Å². The Labute approximate surface area is 356 Å². The van der Waals surface area contributed by atoms with Crippen molar-refractivity contribution in [2.75, 3.05) is 4.90 Å². The summed E-state index contributed by atoms with van der Waals surface area (Å²) >= 11 is 0. The van der Waals surface area contributed by atoms with Gasteiger partial charge in [-0.3, -0.25) is 0 Å². The van der Waals surface area contributed by atoms with Crippen molar-refractivity contribution < 1.29 is 0 Å². The molecule has 0 bridgehead atoms. The average Bonchev–Trinajstić information content (AvgIpc) is 3.77. The Morgan fingerprint density at radius 1 is 0.344 bits per heavy atom. The number of anilines is 3. The topological polar surface area (TPSA) is 8.17 Å². The van der Waals surface area contributed by atoms with E-state index in [9.17, 15) is 0 Å². The summed E-state index contributed by atoms with van der Waals surface area (Å²) in [7, 11) is 0. The molecule has 0 unspecified atom stereocenters. The molecule has 0 amide bonds. The van der Waals surface area contributed by atoms with Crippen molar-refractivity contribution in [3.63, 3.8) is 0 Å². The van der Waals surface area contributed by atoms with Crippen molar-refractivity contribution in [3.05, 3.63) is 230 Å². The van der Waals surface area contributed by atoms with Crippen LogP contribution in [-0.4, -0.2) is 4.57 Å². The highest BCUT2D eigenvalue weighted by atomic mass is 15.1. The summed E-state index contributed by atoms with van der Waals surface area (Å²) in [4.78, 5) is 2.43. The summed E-state index contributed by atoms with van der Waals surface area (Å²) < 4.78 is 2.43. The molecule has 0 spiro atoms. The number of rotatable bonds is 6. The smallest absolute Gasteiger partial charge is 0.0541 e. The van der Waals surface area contributed by atoms with Crippen LogP contribution in [0.3, 0.4) is 0 Å². The summed E-state index contributed by atoms with van der Waals surface area (Å²) in [6.45, 7) is 4.78. The number of fused-ring (bicyclic) bond motifs is 8. The summed E-state index contributed by atoms with van der Waals surface area (Å²) in [6, 6.07) is 80.4. The Hall–Kier alpha value is -7.68. The molecule has 0 fully saturated rings. The van der Waals surface area contributed by atoms with Gasteiger partial charge in [-0.05, 0) is 127 Å². The first-order valence-corrected chi connectivity index (χ1v) is 21.3. The molecule has 0 saturated carbocycles. The molecule has 12 rings (SSSR count). The molecule has 2 heteroatoms. The van der Waals surface area contributed by atoms with Gasteiger partial charge in [-0.1, -0.05) is 172 Å². The third-order valence-electron chi connectivity index (χ3n) is 13.2. The lowest BCUT2D eigenvalue weighted by Gasteiger charge is -2.29. The van der Waals surface area contributed by atoms with Crippen LogP contribution in [0.4, 0.5) is 17.1 Å². The first-order chi connectivity index (χ1) is 30.0. The Balaban J connectivity index is 0.995. The fourth-order valence-electron chi connectivity index (χ4n) is 10.2. The van der Waals surface area contributed by atoms with Gasteiger partial charge in [-0.25, -0.2) is 0 Å². The highest BCUT2D eigenvalue weighted by Crippen LogP contribution is 2.52. The molecular formula is C59H42N2. The molecule has 0 atom stereocenters. The van der Waals surface area contributed by atoms with Gasteiger partial charge in [0.2, 0.25) is 0 Å². The molecule has 61 heavy (non-hydrogen) atoms. The lowest BCUT2D eigenvalue weighted by Crippen LogP contribution is -2.17. The molecule has 0 aliphatic heterocycles. The predicted octanol–water partition coefficient (Wildman–Crippen LogP) is 16.2. The minimum absolute atomic E-state index is 0.232. The molecule has 288 valence electrons. The maximum atomic E-state index is 2.44. The van der Waals surface area contributed by atoms with E-state index in [1.807, 2.05) is 0 Å². The predicted molar refractivity (Wildman–Crippen MR) is 259 cm³/mol. The van der Waals surface area contributed by atoms with E-state index in [2.05, 4.69) is 242 Å². The van der Waals surface area contributed by atoms with Gasteiger partial charge in [-0.2, -0.15) is 0 Å². The Kier molecular flexibility index (Phi) is 7.92. The quantitative estimate of drug-likeness (QED) is 0.163. The number of benzene rings is 10. The van der Waals surface area contributed by atoms with Gasteiger partial charge in [0.1, 0.15) is 0 Å². The summed E-state index contributed by atoms with van der Waals surface area (Å²) in [5.74, 6) is 0. The minimum Gasteiger partial charge on any atom is -0.310 e. The van der Waals surface area contributed by atoms with Crippen molar-refractivity contribution in [1.29, 1.82) is 0 Å². The van der Waals surface area contributed by atoms with Crippen molar-refractivity contribution >= 4 is 60.4 Å². The SMILES string of the molecule is CC1(C)c2cc(N(c3ccc(-c4cccc5ccccc45)cc3)c3cccc(-c4cccc5ccccc45)c3)ccc2-c2ccc(-n3c4ccccc4c4ccccc43)cc21. The van der Waals surface area contributed by atoms with E-state index in [4.69, 9.17) is 0 Å². The number of hydrogen-bond donors (Lipinski definition) is 0. The maximum Gasteiger partial charge on any atom is 0.0541 e. The van der Waals surface area contributed by atoms with Gasteiger partial charge in [0.05, 0.1) is 11.0 Å². The van der Waals surface area contributed by atoms with Gasteiger partial charge >= 0.3 is 0 Å². The molecule has 1 aromatic heterocycles. The van der Waals surface area contributed by atoms with Gasteiger partial charge in [0.15, 0.2) is 0 Å². The van der Waals surface area contributed by atoms with Crippen LogP contribution in [0.25, 0.3) is 82.4 Å². The molecule has 0 radical (unpaired) electrons. The molecule has 1 aliphatic rings. The van der Waals surface area contributed by atoms with Gasteiger partial charge in [0, 0.05) is 38.9 Å². The Morgan fingerprint density at radius 3 is 1.49 bits per heavy atom. The van der Waals surface area contributed by atoms with Crippen LogP contribution in [0.1, 0.15) is 25.0 Å². The number of aromatic nitrogens is 1. The molecule has 1 aliphatic carbocycles. The standard InChI is InChI=1S/C59H42N2/c1-59(2)55-37-45(32-34-51(55)52-35-33-46(38-56(52)59)61-57-26-9-7-22-53(57)54-23-8-10-27-58(54)61)60(43-30-28-41(29-31-43)49-24-12-16-39-14-3-5-20-47(39)49)44-19-11-18-42(36-44)50-25-13-17-40-15-4-6-21-48(40)50/h3-38H,1-2H3. The fourth-order valence-corrected chi connectivity index (χ4v) is 10.2. The van der Waals surface area contributed by atoms with Crippen molar-refractivity contribution in [2.24, 2.45) is 0 Å². The lowest BCUT2D eigenvalue weighted by molar-refractivity contribution is 0.660. The van der Waals surface area contributed by atoms with Crippen LogP contribution < -0.4 is 4.90 Å². The van der Waals surface area contributed by atoms with E-state index in [1.165, 1.54) is 93.5 Å². The first kappa shape index (κ1) is 35.3. The number of para-hydroxylation sites is 2. The summed E-state index contributed by atoms with van der Waals surface area (Å²) in [5.41, 5.74) is 16.9. The second kappa shape index (κ2) is 13.7. The zero-order chi connectivity index (χ0) is 40.7. The van der Waals surface area contributed by atoms with Crippen LogP contribution in [0, 0.1) is 0 Å². The van der Waals surface area contributed by atoms with E-state index >= 15 is 0 Å². The minimum atomic E-state index is -0.232. The van der Waals surface area contributed by atoms with Crippen LogP contribution in [0.15, 0.2) is 218 Å². The molecule has 11 aromatic rings. The van der Waals surface area contributed by atoms with E-state index < -0.39 is 0 Å². The number of hydrogen-bond acceptors (Lipinski definition) is 1. The second-order valence-corrected chi connectivity index (χ2v) is 16.9. The molecule has 10 aromatic carbocycles. The average molecular weight is 779 g/mol. The van der Waals surface area contributed by atoms with Gasteiger partial charge in [0.25, 0.3) is 0 Å². The number of nitrogens with zero attached hydrogens (tertiary/aromatic N) is 2. The molecule has 0 N–H and O–H groups in total. The molecule has 0 saturated heterocycles. The molecule has 2 nitrogen and oxygen atoms in total. The third kappa shape index (κ3) is 5.56. The van der Waals surface area contributed by atoms with Crippen LogP contribution in [-0.2, 0) is 5.41 Å². The second-order valence-electron chi connectivity index (χ2n) is 16.9. The van der Waals surface area contributed by atoms with E-state index in [0.29, 0.717) is 0 Å². The van der Waals surface area contributed by atoms with Crippen LogP contribution >= 0.6 is 0 Å². The normalized spacial score (nSPS) is 12.9. The molecular weight excluding hydrogens is 737 g/mol. The van der Waals surface area contributed by atoms with Crippen molar-refractivity contribution in [3.8, 4) is 39.1 Å². The largest absolute Gasteiger partial charge is 0.310 e. The molecule has 1 heterocycles. The van der Waals surface area contributed by atoms with Crippen LogP contribution in [0.2, 0.25) is 0 Å². The van der Waals surface area contributed by atoms with E-state index in [-0.39, 0.29) is 5.41 Å². The van der Waals surface area contributed by atoms with Crippen molar-refractivity contribution in [2.45, 2.75) is 19.3 Å². The monoisotopic (exact) mass is 778 g/mol. The van der Waals surface area contributed by atoms with Gasteiger partial charge < -0.3 is 9.47 Å². The Bertz CT molecular complexity index is 3450. The zero-order valence-corrected chi connectivity index (χ0v) is 34.2. The van der Waals surface area contributed by atoms with Gasteiger partial charge in [-0.15, -0.1) is 0 Å². The fraction of sp³-hybridized carbons (Fsp3) is 0.0508. The first-order valence-electron chi connectivity index (χ1n) is 21.3. The highest BCUT2D eigenvalue weighted by molar-refractivity contribution is 6.09. The lowest BCUT2D eigenvalue weighted by atomic mass is 9.82. The van der Waals surface area contributed by atoms with Crippen molar-refractivity contribution in [1.82, 2.24) is 4.57 Å². The van der Waals surface area contributed by atoms with Crippen LogP contribution in [0.5, 0.6) is 0 Å². The highest BCUT2D eigenvalue weighted by Gasteiger charge is 2.36. The summed E-state index contributed by atoms with van der Waals surface area (Å²) in [5, 5.41) is 7.57.